The summed E-state index contributed by atoms with van der Waals surface area (Å²) < 4.78 is 0.702. The van der Waals surface area contributed by atoms with Crippen molar-refractivity contribution in [3.63, 3.8) is 0 Å². The number of alkyl halides is 1. The van der Waals surface area contributed by atoms with Crippen LogP contribution in [0.15, 0.2) is 0 Å². The number of halogens is 1. The van der Waals surface area contributed by atoms with Crippen molar-refractivity contribution in [2.24, 2.45) is 0 Å². The van der Waals surface area contributed by atoms with Crippen LogP contribution in [0.3, 0.4) is 0 Å². The first-order valence-electron chi connectivity index (χ1n) is 3.81. The molecule has 0 aliphatic carbocycles. The van der Waals surface area contributed by atoms with Crippen molar-refractivity contribution in [2.45, 2.75) is 42.6 Å². The quantitative estimate of drug-likeness (QED) is 0.410. The van der Waals surface area contributed by atoms with Crippen molar-refractivity contribution in [1.29, 1.82) is 0 Å². The minimum Gasteiger partial charge on any atom is -0.0835 e. The topological polar surface area (TPSA) is 0 Å². The Kier molecular flexibility index (Phi) is 5.21. The zero-order valence-corrected chi connectivity index (χ0v) is 10.9. The highest BCUT2D eigenvalue weighted by molar-refractivity contribution is 14.1. The number of hydrogen-bond donors (Lipinski definition) is 0. The Hall–Kier alpha value is 0.947. The minimum absolute atomic E-state index is 0.702. The normalized spacial score (nSPS) is 17.7. The zero-order valence-electron chi connectivity index (χ0n) is 6.71. The predicted molar refractivity (Wildman–Crippen MR) is 56.5 cm³/mol. The van der Waals surface area contributed by atoms with E-state index in [4.69, 9.17) is 0 Å². The van der Waals surface area contributed by atoms with Crippen LogP contribution in [0.2, 0.25) is 0 Å². The first-order chi connectivity index (χ1) is 4.12. The standard InChI is InChI=1S/C7H17ISi/c1-3-5-6-7(8,9)4-2/h3-6H2,1-2,9H3. The van der Waals surface area contributed by atoms with Gasteiger partial charge in [0.25, 0.3) is 0 Å². The Labute approximate surface area is 75.4 Å². The van der Waals surface area contributed by atoms with E-state index >= 15 is 0 Å². The fourth-order valence-corrected chi connectivity index (χ4v) is 1.46. The van der Waals surface area contributed by atoms with E-state index in [-0.39, 0.29) is 0 Å². The molecule has 1 atom stereocenters. The van der Waals surface area contributed by atoms with Crippen LogP contribution in [0.25, 0.3) is 0 Å². The summed E-state index contributed by atoms with van der Waals surface area (Å²) in [7, 11) is 1.35. The van der Waals surface area contributed by atoms with Crippen LogP contribution in [-0.4, -0.2) is 13.3 Å². The highest BCUT2D eigenvalue weighted by Gasteiger charge is 2.15. The number of unbranched alkanes of at least 4 members (excludes halogenated alkanes) is 1. The monoisotopic (exact) mass is 256 g/mol. The van der Waals surface area contributed by atoms with Crippen LogP contribution in [-0.2, 0) is 0 Å². The van der Waals surface area contributed by atoms with Gasteiger partial charge < -0.3 is 0 Å². The number of rotatable bonds is 4. The van der Waals surface area contributed by atoms with Crippen molar-refractivity contribution in [3.8, 4) is 0 Å². The lowest BCUT2D eigenvalue weighted by Crippen LogP contribution is -2.18. The fraction of sp³-hybridized carbons (Fsp3) is 1.00. The fourth-order valence-electron chi connectivity index (χ4n) is 0.722. The molecule has 56 valence electrons. The molecule has 0 aromatic heterocycles. The van der Waals surface area contributed by atoms with Crippen LogP contribution < -0.4 is 0 Å². The Balaban J connectivity index is 3.33. The average Bonchev–Trinajstić information content (AvgIpc) is 1.84. The SMILES string of the molecule is CCCCC([SiH3])(I)CC. The van der Waals surface area contributed by atoms with E-state index in [1.165, 1.54) is 35.9 Å². The van der Waals surface area contributed by atoms with Gasteiger partial charge in [0.2, 0.25) is 0 Å². The summed E-state index contributed by atoms with van der Waals surface area (Å²) in [6, 6.07) is 0. The van der Waals surface area contributed by atoms with Crippen molar-refractivity contribution < 1.29 is 0 Å². The molecule has 0 bridgehead atoms. The van der Waals surface area contributed by atoms with Gasteiger partial charge in [-0.25, -0.2) is 0 Å². The second-order valence-electron chi connectivity index (χ2n) is 2.87. The third-order valence-corrected chi connectivity index (χ3v) is 4.30. The van der Waals surface area contributed by atoms with Crippen LogP contribution in [0.5, 0.6) is 0 Å². The molecule has 0 aliphatic rings. The van der Waals surface area contributed by atoms with Crippen LogP contribution >= 0.6 is 22.6 Å². The van der Waals surface area contributed by atoms with E-state index in [0.717, 1.165) is 0 Å². The second-order valence-corrected chi connectivity index (χ2v) is 9.42. The first kappa shape index (κ1) is 9.95. The third-order valence-electron chi connectivity index (χ3n) is 1.79. The molecule has 0 fully saturated rings. The molecule has 0 N–H and O–H groups in total. The Morgan fingerprint density at radius 1 is 1.44 bits per heavy atom. The van der Waals surface area contributed by atoms with Gasteiger partial charge >= 0.3 is 0 Å². The molecule has 0 amide bonds. The van der Waals surface area contributed by atoms with Gasteiger partial charge in [-0.1, -0.05) is 49.3 Å². The minimum atomic E-state index is 0.702. The maximum absolute atomic E-state index is 2.62. The van der Waals surface area contributed by atoms with E-state index in [1.807, 2.05) is 0 Å². The van der Waals surface area contributed by atoms with E-state index in [9.17, 15) is 0 Å². The number of hydrogen-bond acceptors (Lipinski definition) is 0. The molecule has 2 heteroatoms. The lowest BCUT2D eigenvalue weighted by Gasteiger charge is -2.19. The van der Waals surface area contributed by atoms with Gasteiger partial charge in [-0.2, -0.15) is 0 Å². The summed E-state index contributed by atoms with van der Waals surface area (Å²) >= 11 is 2.62. The Morgan fingerprint density at radius 3 is 2.33 bits per heavy atom. The maximum atomic E-state index is 2.62. The summed E-state index contributed by atoms with van der Waals surface area (Å²) in [6.07, 6.45) is 5.57. The largest absolute Gasteiger partial charge is 0.0835 e. The lowest BCUT2D eigenvalue weighted by molar-refractivity contribution is 0.647. The molecule has 0 aromatic carbocycles. The van der Waals surface area contributed by atoms with E-state index in [0.29, 0.717) is 3.04 Å². The molecule has 0 aromatic rings. The van der Waals surface area contributed by atoms with Crippen molar-refractivity contribution in [1.82, 2.24) is 0 Å². The summed E-state index contributed by atoms with van der Waals surface area (Å²) in [5.41, 5.74) is 0. The molecule has 0 saturated heterocycles. The molecular weight excluding hydrogens is 239 g/mol. The lowest BCUT2D eigenvalue weighted by atomic mass is 10.1. The predicted octanol–water partition coefficient (Wildman–Crippen LogP) is 2.08. The van der Waals surface area contributed by atoms with Crippen molar-refractivity contribution in [3.05, 3.63) is 0 Å². The third kappa shape index (κ3) is 5.39. The van der Waals surface area contributed by atoms with E-state index < -0.39 is 0 Å². The molecule has 0 spiro atoms. The van der Waals surface area contributed by atoms with Crippen molar-refractivity contribution >= 4 is 32.8 Å². The smallest absolute Gasteiger partial charge is 0.0230 e. The summed E-state index contributed by atoms with van der Waals surface area (Å²) in [6.45, 7) is 4.57. The molecule has 0 nitrogen and oxygen atoms in total. The summed E-state index contributed by atoms with van der Waals surface area (Å²) in [5, 5.41) is 0. The Morgan fingerprint density at radius 2 is 2.00 bits per heavy atom. The Bertz CT molecular complexity index is 71.3. The molecule has 0 saturated carbocycles. The highest BCUT2D eigenvalue weighted by Crippen LogP contribution is 2.24. The maximum Gasteiger partial charge on any atom is 0.0230 e. The van der Waals surface area contributed by atoms with Crippen LogP contribution in [0.4, 0.5) is 0 Å². The van der Waals surface area contributed by atoms with Gasteiger partial charge in [0, 0.05) is 13.3 Å². The van der Waals surface area contributed by atoms with Gasteiger partial charge in [-0.3, -0.25) is 0 Å². The molecule has 0 rings (SSSR count). The summed E-state index contributed by atoms with van der Waals surface area (Å²) in [4.78, 5) is 0. The summed E-state index contributed by atoms with van der Waals surface area (Å²) in [5.74, 6) is 0. The van der Waals surface area contributed by atoms with Gasteiger partial charge in [0.05, 0.1) is 0 Å². The zero-order chi connectivity index (χ0) is 7.33. The van der Waals surface area contributed by atoms with Gasteiger partial charge in [0.1, 0.15) is 0 Å². The van der Waals surface area contributed by atoms with Crippen LogP contribution in [0, 0.1) is 0 Å². The first-order valence-corrected chi connectivity index (χ1v) is 5.89. The van der Waals surface area contributed by atoms with E-state index in [2.05, 4.69) is 36.4 Å². The highest BCUT2D eigenvalue weighted by atomic mass is 127. The van der Waals surface area contributed by atoms with E-state index in [1.54, 1.807) is 0 Å². The van der Waals surface area contributed by atoms with Crippen molar-refractivity contribution in [2.75, 3.05) is 0 Å². The van der Waals surface area contributed by atoms with Gasteiger partial charge in [-0.05, 0) is 12.8 Å². The molecule has 0 heterocycles. The second kappa shape index (κ2) is 4.72. The average molecular weight is 256 g/mol. The molecular formula is C7H17ISi. The van der Waals surface area contributed by atoms with Gasteiger partial charge in [-0.15, -0.1) is 0 Å². The van der Waals surface area contributed by atoms with Gasteiger partial charge in [0.15, 0.2) is 0 Å². The van der Waals surface area contributed by atoms with Crippen LogP contribution in [0.1, 0.15) is 39.5 Å². The molecule has 0 radical (unpaired) electrons. The molecule has 1 unspecified atom stereocenters. The molecule has 9 heavy (non-hydrogen) atoms. The molecule has 0 aliphatic heterocycles.